The fourth-order valence-corrected chi connectivity index (χ4v) is 2.40. The second-order valence-electron chi connectivity index (χ2n) is 5.73. The second kappa shape index (κ2) is 7.28. The Hall–Kier alpha value is -1.57. The molecule has 1 atom stereocenters. The second-order valence-corrected chi connectivity index (χ2v) is 5.73. The van der Waals surface area contributed by atoms with E-state index < -0.39 is 0 Å². The van der Waals surface area contributed by atoms with Crippen molar-refractivity contribution in [2.75, 3.05) is 0 Å². The van der Waals surface area contributed by atoms with Gasteiger partial charge in [-0.3, -0.25) is 0 Å². The maximum atomic E-state index is 2.29. The third-order valence-corrected chi connectivity index (χ3v) is 4.04. The maximum Gasteiger partial charge on any atom is 0.244 e. The van der Waals surface area contributed by atoms with E-state index in [0.717, 1.165) is 13.1 Å². The van der Waals surface area contributed by atoms with Gasteiger partial charge in [0.1, 0.15) is 18.9 Å². The molecular weight excluding hydrogens is 244 g/mol. The van der Waals surface area contributed by atoms with Gasteiger partial charge in [-0.05, 0) is 29.9 Å². The Morgan fingerprint density at radius 1 is 1.15 bits per heavy atom. The topological polar surface area (TPSA) is 8.81 Å². The largest absolute Gasteiger partial charge is 0.244 e. The van der Waals surface area contributed by atoms with Crippen LogP contribution in [0.4, 0.5) is 0 Å². The van der Waals surface area contributed by atoms with Crippen molar-refractivity contribution in [1.82, 2.24) is 4.57 Å². The van der Waals surface area contributed by atoms with Gasteiger partial charge in [0.15, 0.2) is 0 Å². The highest BCUT2D eigenvalue weighted by Crippen LogP contribution is 2.18. The fraction of sp³-hybridized carbons (Fsp3) is 0.500. The first-order valence-corrected chi connectivity index (χ1v) is 7.86. The summed E-state index contributed by atoms with van der Waals surface area (Å²) in [6.45, 7) is 8.85. The highest BCUT2D eigenvalue weighted by Gasteiger charge is 2.06. The van der Waals surface area contributed by atoms with Gasteiger partial charge in [-0.15, -0.1) is 0 Å². The van der Waals surface area contributed by atoms with Crippen LogP contribution < -0.4 is 4.57 Å². The van der Waals surface area contributed by atoms with Crippen LogP contribution in [0.5, 0.6) is 0 Å². The van der Waals surface area contributed by atoms with Crippen LogP contribution >= 0.6 is 0 Å². The van der Waals surface area contributed by atoms with Gasteiger partial charge in [0.25, 0.3) is 0 Å². The number of aromatic nitrogens is 2. The van der Waals surface area contributed by atoms with E-state index in [4.69, 9.17) is 0 Å². The van der Waals surface area contributed by atoms with Crippen molar-refractivity contribution in [2.45, 2.75) is 59.0 Å². The molecule has 0 spiro atoms. The molecule has 2 heteroatoms. The molecule has 0 bridgehead atoms. The van der Waals surface area contributed by atoms with E-state index in [1.54, 1.807) is 0 Å². The van der Waals surface area contributed by atoms with Gasteiger partial charge in [0.05, 0.1) is 6.54 Å². The highest BCUT2D eigenvalue weighted by molar-refractivity contribution is 5.24. The first kappa shape index (κ1) is 14.8. The Kier molecular flexibility index (Phi) is 5.40. The number of aryl methyl sites for hydroxylation is 1. The summed E-state index contributed by atoms with van der Waals surface area (Å²) in [4.78, 5) is 0. The molecule has 0 aliphatic heterocycles. The summed E-state index contributed by atoms with van der Waals surface area (Å²) in [5.74, 6) is 0.659. The third-order valence-electron chi connectivity index (χ3n) is 4.04. The molecule has 20 heavy (non-hydrogen) atoms. The molecule has 0 fully saturated rings. The van der Waals surface area contributed by atoms with Crippen LogP contribution in [0.3, 0.4) is 0 Å². The summed E-state index contributed by atoms with van der Waals surface area (Å²) >= 11 is 0. The molecule has 0 saturated heterocycles. The Morgan fingerprint density at radius 3 is 2.55 bits per heavy atom. The van der Waals surface area contributed by atoms with Gasteiger partial charge >= 0.3 is 0 Å². The smallest absolute Gasteiger partial charge is 0.237 e. The summed E-state index contributed by atoms with van der Waals surface area (Å²) in [5, 5.41) is 0. The molecule has 2 rings (SSSR count). The van der Waals surface area contributed by atoms with Gasteiger partial charge < -0.3 is 0 Å². The molecule has 0 N–H and O–H groups in total. The molecular formula is C18H27N2+. The molecule has 0 radical (unpaired) electrons. The minimum atomic E-state index is 0.659. The van der Waals surface area contributed by atoms with E-state index in [1.165, 1.54) is 30.4 Å². The van der Waals surface area contributed by atoms with E-state index in [2.05, 4.69) is 72.9 Å². The van der Waals surface area contributed by atoms with Crippen LogP contribution in [-0.4, -0.2) is 4.57 Å². The molecule has 1 aromatic carbocycles. The van der Waals surface area contributed by atoms with Gasteiger partial charge in [0, 0.05) is 0 Å². The predicted octanol–water partition coefficient (Wildman–Crippen LogP) is 4.14. The SMILES string of the molecule is CCCCn1cc[n+](Cc2ccc(C(C)CC)cc2)c1. The van der Waals surface area contributed by atoms with Crippen molar-refractivity contribution in [3.63, 3.8) is 0 Å². The molecule has 2 nitrogen and oxygen atoms in total. The molecule has 0 amide bonds. The van der Waals surface area contributed by atoms with Crippen LogP contribution in [0.15, 0.2) is 43.0 Å². The Balaban J connectivity index is 1.97. The lowest BCUT2D eigenvalue weighted by molar-refractivity contribution is -0.687. The number of nitrogens with zero attached hydrogens (tertiary/aromatic N) is 2. The summed E-state index contributed by atoms with van der Waals surface area (Å²) in [7, 11) is 0. The molecule has 0 aliphatic rings. The van der Waals surface area contributed by atoms with Gasteiger partial charge in [-0.1, -0.05) is 51.5 Å². The molecule has 108 valence electrons. The molecule has 1 unspecified atom stereocenters. The summed E-state index contributed by atoms with van der Waals surface area (Å²) in [6, 6.07) is 9.08. The maximum absolute atomic E-state index is 2.29. The number of benzene rings is 1. The molecule has 0 saturated carbocycles. The molecule has 1 heterocycles. The monoisotopic (exact) mass is 271 g/mol. The fourth-order valence-electron chi connectivity index (χ4n) is 2.40. The van der Waals surface area contributed by atoms with Gasteiger partial charge in [0.2, 0.25) is 6.33 Å². The van der Waals surface area contributed by atoms with Crippen LogP contribution in [0, 0.1) is 0 Å². The average molecular weight is 271 g/mol. The lowest BCUT2D eigenvalue weighted by atomic mass is 9.98. The Morgan fingerprint density at radius 2 is 1.90 bits per heavy atom. The van der Waals surface area contributed by atoms with Crippen LogP contribution in [0.1, 0.15) is 57.1 Å². The van der Waals surface area contributed by atoms with E-state index in [0.29, 0.717) is 5.92 Å². The van der Waals surface area contributed by atoms with E-state index in [1.807, 2.05) is 0 Å². The van der Waals surface area contributed by atoms with E-state index >= 15 is 0 Å². The zero-order valence-electron chi connectivity index (χ0n) is 13.0. The van der Waals surface area contributed by atoms with Crippen LogP contribution in [-0.2, 0) is 13.1 Å². The summed E-state index contributed by atoms with van der Waals surface area (Å²) in [5.41, 5.74) is 2.82. The summed E-state index contributed by atoms with van der Waals surface area (Å²) < 4.78 is 4.53. The Bertz CT molecular complexity index is 510. The predicted molar refractivity (Wildman–Crippen MR) is 83.8 cm³/mol. The third kappa shape index (κ3) is 3.96. The number of unbranched alkanes of at least 4 members (excludes halogenated alkanes) is 1. The van der Waals surface area contributed by atoms with Crippen molar-refractivity contribution in [1.29, 1.82) is 0 Å². The van der Waals surface area contributed by atoms with Crippen LogP contribution in [0.2, 0.25) is 0 Å². The lowest BCUT2D eigenvalue weighted by Crippen LogP contribution is -2.31. The number of imidazole rings is 1. The first-order chi connectivity index (χ1) is 9.72. The highest BCUT2D eigenvalue weighted by atomic mass is 15.1. The standard InChI is InChI=1S/C18H27N2/c1-4-6-11-19-12-13-20(15-19)14-17-7-9-18(10-8-17)16(3)5-2/h7-10,12-13,15-16H,4-6,11,14H2,1-3H3/q+1. The Labute approximate surface area is 123 Å². The van der Waals surface area contributed by atoms with E-state index in [9.17, 15) is 0 Å². The number of hydrogen-bond donors (Lipinski definition) is 0. The first-order valence-electron chi connectivity index (χ1n) is 7.86. The lowest BCUT2D eigenvalue weighted by Gasteiger charge is -2.09. The number of hydrogen-bond acceptors (Lipinski definition) is 0. The zero-order valence-corrected chi connectivity index (χ0v) is 13.0. The van der Waals surface area contributed by atoms with Crippen molar-refractivity contribution in [2.24, 2.45) is 0 Å². The van der Waals surface area contributed by atoms with Crippen molar-refractivity contribution in [3.8, 4) is 0 Å². The molecule has 2 aromatic rings. The van der Waals surface area contributed by atoms with Gasteiger partial charge in [-0.25, -0.2) is 9.13 Å². The van der Waals surface area contributed by atoms with Crippen molar-refractivity contribution >= 4 is 0 Å². The zero-order chi connectivity index (χ0) is 14.4. The molecule has 0 aliphatic carbocycles. The van der Waals surface area contributed by atoms with Crippen molar-refractivity contribution < 1.29 is 4.57 Å². The molecule has 1 aromatic heterocycles. The minimum Gasteiger partial charge on any atom is -0.237 e. The summed E-state index contributed by atoms with van der Waals surface area (Å²) in [6.07, 6.45) is 10.2. The van der Waals surface area contributed by atoms with E-state index in [-0.39, 0.29) is 0 Å². The average Bonchev–Trinajstić information content (AvgIpc) is 2.92. The normalized spacial score (nSPS) is 12.6. The van der Waals surface area contributed by atoms with Crippen LogP contribution in [0.25, 0.3) is 0 Å². The number of rotatable bonds is 7. The quantitative estimate of drug-likeness (QED) is 0.669. The minimum absolute atomic E-state index is 0.659. The van der Waals surface area contributed by atoms with Gasteiger partial charge in [-0.2, -0.15) is 0 Å². The van der Waals surface area contributed by atoms with Crippen molar-refractivity contribution in [3.05, 3.63) is 54.1 Å².